The van der Waals surface area contributed by atoms with Crippen molar-refractivity contribution in [2.24, 2.45) is 5.92 Å². The molecule has 0 spiro atoms. The molecule has 1 amide bonds. The van der Waals surface area contributed by atoms with Crippen molar-refractivity contribution in [1.82, 2.24) is 14.9 Å². The van der Waals surface area contributed by atoms with Crippen molar-refractivity contribution in [3.63, 3.8) is 0 Å². The molecule has 0 saturated carbocycles. The van der Waals surface area contributed by atoms with E-state index in [1.54, 1.807) is 9.80 Å². The number of alkyl halides is 3. The predicted molar refractivity (Wildman–Crippen MR) is 84.1 cm³/mol. The van der Waals surface area contributed by atoms with E-state index in [1.165, 1.54) is 6.92 Å². The number of anilines is 1. The minimum atomic E-state index is -4.51. The number of amides is 1. The van der Waals surface area contributed by atoms with Gasteiger partial charge in [-0.05, 0) is 19.8 Å². The standard InChI is InChI=1S/C16H21F3N4O2/c1-11-20-13(16(17,18)19)9-14(21-11)23-4-2-3-12(10-23)15(24)22-5-7-25-8-6-22/h9,12H,2-8,10H2,1H3. The number of aryl methyl sites for hydroxylation is 1. The Morgan fingerprint density at radius 3 is 2.64 bits per heavy atom. The Bertz CT molecular complexity index is 632. The molecule has 25 heavy (non-hydrogen) atoms. The third-order valence-corrected chi connectivity index (χ3v) is 4.53. The topological polar surface area (TPSA) is 58.6 Å². The highest BCUT2D eigenvalue weighted by Crippen LogP contribution is 2.31. The van der Waals surface area contributed by atoms with Gasteiger partial charge in [0.25, 0.3) is 0 Å². The number of morpholine rings is 1. The molecule has 0 N–H and O–H groups in total. The molecular weight excluding hydrogens is 337 g/mol. The quantitative estimate of drug-likeness (QED) is 0.808. The Morgan fingerprint density at radius 2 is 1.96 bits per heavy atom. The monoisotopic (exact) mass is 358 g/mol. The number of ether oxygens (including phenoxy) is 1. The van der Waals surface area contributed by atoms with Crippen LogP contribution in [0.4, 0.5) is 19.0 Å². The van der Waals surface area contributed by atoms with Crippen LogP contribution in [0.2, 0.25) is 0 Å². The van der Waals surface area contributed by atoms with E-state index in [9.17, 15) is 18.0 Å². The van der Waals surface area contributed by atoms with Crippen molar-refractivity contribution < 1.29 is 22.7 Å². The van der Waals surface area contributed by atoms with Crippen LogP contribution in [0.15, 0.2) is 6.07 Å². The molecule has 1 aromatic heterocycles. The highest BCUT2D eigenvalue weighted by atomic mass is 19.4. The second-order valence-electron chi connectivity index (χ2n) is 6.38. The van der Waals surface area contributed by atoms with E-state index < -0.39 is 11.9 Å². The molecule has 2 aliphatic rings. The number of nitrogens with zero attached hydrogens (tertiary/aromatic N) is 4. The van der Waals surface area contributed by atoms with Gasteiger partial charge in [-0.25, -0.2) is 9.97 Å². The molecule has 2 fully saturated rings. The normalized spacial score (nSPS) is 22.2. The Morgan fingerprint density at radius 1 is 1.24 bits per heavy atom. The van der Waals surface area contributed by atoms with Crippen LogP contribution < -0.4 is 4.90 Å². The first kappa shape index (κ1) is 17.9. The van der Waals surface area contributed by atoms with Crippen molar-refractivity contribution in [3.05, 3.63) is 17.6 Å². The van der Waals surface area contributed by atoms with Gasteiger partial charge in [0.05, 0.1) is 19.1 Å². The molecule has 0 aromatic carbocycles. The van der Waals surface area contributed by atoms with Gasteiger partial charge >= 0.3 is 6.18 Å². The number of hydrogen-bond acceptors (Lipinski definition) is 5. The minimum absolute atomic E-state index is 0.0508. The van der Waals surface area contributed by atoms with Crippen LogP contribution in [0.1, 0.15) is 24.4 Å². The van der Waals surface area contributed by atoms with Crippen LogP contribution in [0, 0.1) is 12.8 Å². The fourth-order valence-electron chi connectivity index (χ4n) is 3.29. The fraction of sp³-hybridized carbons (Fsp3) is 0.688. The van der Waals surface area contributed by atoms with Gasteiger partial charge in [-0.2, -0.15) is 13.2 Å². The molecule has 1 atom stereocenters. The Labute approximate surface area is 144 Å². The van der Waals surface area contributed by atoms with E-state index in [1.807, 2.05) is 0 Å². The summed E-state index contributed by atoms with van der Waals surface area (Å²) in [5.41, 5.74) is -0.948. The maximum absolute atomic E-state index is 13.0. The second-order valence-corrected chi connectivity index (χ2v) is 6.38. The Kier molecular flexibility index (Phi) is 5.12. The lowest BCUT2D eigenvalue weighted by Gasteiger charge is -2.36. The van der Waals surface area contributed by atoms with Gasteiger partial charge in [0, 0.05) is 32.2 Å². The SMILES string of the molecule is Cc1nc(N2CCCC(C(=O)N3CCOCC3)C2)cc(C(F)(F)F)n1. The van der Waals surface area contributed by atoms with Crippen LogP contribution >= 0.6 is 0 Å². The molecule has 0 bridgehead atoms. The van der Waals surface area contributed by atoms with Crippen molar-refractivity contribution in [1.29, 1.82) is 0 Å². The number of carbonyl (C=O) groups is 1. The highest BCUT2D eigenvalue weighted by Gasteiger charge is 2.35. The van der Waals surface area contributed by atoms with Crippen LogP contribution in [0.25, 0.3) is 0 Å². The van der Waals surface area contributed by atoms with Crippen LogP contribution in [0.5, 0.6) is 0 Å². The molecule has 138 valence electrons. The van der Waals surface area contributed by atoms with Crippen molar-refractivity contribution >= 4 is 11.7 Å². The predicted octanol–water partition coefficient (Wildman–Crippen LogP) is 1.88. The van der Waals surface area contributed by atoms with E-state index in [0.29, 0.717) is 39.4 Å². The zero-order chi connectivity index (χ0) is 18.0. The number of piperidine rings is 1. The number of halogens is 3. The lowest BCUT2D eigenvalue weighted by atomic mass is 9.96. The molecule has 1 unspecified atom stereocenters. The number of hydrogen-bond donors (Lipinski definition) is 0. The van der Waals surface area contributed by atoms with Crippen molar-refractivity contribution in [2.75, 3.05) is 44.3 Å². The molecular formula is C16H21F3N4O2. The largest absolute Gasteiger partial charge is 0.433 e. The third kappa shape index (κ3) is 4.20. The highest BCUT2D eigenvalue weighted by molar-refractivity contribution is 5.79. The van der Waals surface area contributed by atoms with E-state index in [2.05, 4.69) is 9.97 Å². The summed E-state index contributed by atoms with van der Waals surface area (Å²) in [6, 6.07) is 0.967. The zero-order valence-corrected chi connectivity index (χ0v) is 14.1. The summed E-state index contributed by atoms with van der Waals surface area (Å²) in [6.45, 7) is 4.61. The minimum Gasteiger partial charge on any atom is -0.378 e. The molecule has 1 aromatic rings. The first-order valence-corrected chi connectivity index (χ1v) is 8.39. The summed E-state index contributed by atoms with van der Waals surface area (Å²) in [5, 5.41) is 0. The van der Waals surface area contributed by atoms with Gasteiger partial charge < -0.3 is 14.5 Å². The average molecular weight is 358 g/mol. The number of rotatable bonds is 2. The van der Waals surface area contributed by atoms with E-state index in [-0.39, 0.29) is 23.5 Å². The maximum Gasteiger partial charge on any atom is 0.433 e. The molecule has 0 radical (unpaired) electrons. The molecule has 2 aliphatic heterocycles. The summed E-state index contributed by atoms with van der Waals surface area (Å²) < 4.78 is 44.2. The fourth-order valence-corrected chi connectivity index (χ4v) is 3.29. The first-order valence-electron chi connectivity index (χ1n) is 8.39. The summed E-state index contributed by atoms with van der Waals surface area (Å²) in [5.74, 6) is 0.136. The smallest absolute Gasteiger partial charge is 0.378 e. The first-order chi connectivity index (χ1) is 11.8. The lowest BCUT2D eigenvalue weighted by molar-refractivity contribution is -0.141. The molecule has 2 saturated heterocycles. The van der Waals surface area contributed by atoms with Crippen LogP contribution in [0.3, 0.4) is 0 Å². The van der Waals surface area contributed by atoms with Crippen LogP contribution in [-0.4, -0.2) is 60.2 Å². The van der Waals surface area contributed by atoms with E-state index in [0.717, 1.165) is 18.9 Å². The van der Waals surface area contributed by atoms with Gasteiger partial charge in [0.1, 0.15) is 17.3 Å². The zero-order valence-electron chi connectivity index (χ0n) is 14.1. The van der Waals surface area contributed by atoms with Gasteiger partial charge in [0.2, 0.25) is 5.91 Å². The summed E-state index contributed by atoms with van der Waals surface area (Å²) >= 11 is 0. The van der Waals surface area contributed by atoms with E-state index in [4.69, 9.17) is 4.74 Å². The van der Waals surface area contributed by atoms with E-state index >= 15 is 0 Å². The number of carbonyl (C=O) groups excluding carboxylic acids is 1. The summed E-state index contributed by atoms with van der Waals surface area (Å²) in [4.78, 5) is 23.8. The van der Waals surface area contributed by atoms with Crippen LogP contribution in [-0.2, 0) is 15.7 Å². The van der Waals surface area contributed by atoms with Gasteiger partial charge in [-0.15, -0.1) is 0 Å². The van der Waals surface area contributed by atoms with Crippen molar-refractivity contribution in [3.8, 4) is 0 Å². The molecule has 0 aliphatic carbocycles. The Hall–Kier alpha value is -1.90. The third-order valence-electron chi connectivity index (χ3n) is 4.53. The molecule has 9 heteroatoms. The van der Waals surface area contributed by atoms with Crippen molar-refractivity contribution in [2.45, 2.75) is 25.9 Å². The molecule has 6 nitrogen and oxygen atoms in total. The maximum atomic E-state index is 13.0. The average Bonchev–Trinajstić information content (AvgIpc) is 2.61. The summed E-state index contributed by atoms with van der Waals surface area (Å²) in [6.07, 6.45) is -3.03. The lowest BCUT2D eigenvalue weighted by Crippen LogP contribution is -2.48. The van der Waals surface area contributed by atoms with Gasteiger partial charge in [0.15, 0.2) is 0 Å². The Balaban J connectivity index is 1.75. The molecule has 3 rings (SSSR count). The second kappa shape index (κ2) is 7.15. The van der Waals surface area contributed by atoms with Gasteiger partial charge in [-0.1, -0.05) is 0 Å². The molecule has 3 heterocycles. The number of aromatic nitrogens is 2. The van der Waals surface area contributed by atoms with Gasteiger partial charge in [-0.3, -0.25) is 4.79 Å². The summed E-state index contributed by atoms with van der Waals surface area (Å²) in [7, 11) is 0.